The van der Waals surface area contributed by atoms with E-state index in [9.17, 15) is 8.42 Å². The summed E-state index contributed by atoms with van der Waals surface area (Å²) in [6.45, 7) is 2.46. The average molecular weight is 274 g/mol. The summed E-state index contributed by atoms with van der Waals surface area (Å²) in [6, 6.07) is 0.223. The van der Waals surface area contributed by atoms with E-state index in [4.69, 9.17) is 0 Å². The molecule has 1 fully saturated rings. The lowest BCUT2D eigenvalue weighted by atomic mass is 10.4. The van der Waals surface area contributed by atoms with E-state index >= 15 is 0 Å². The molecule has 96 valence electrons. The Morgan fingerprint density at radius 3 is 2.82 bits per heavy atom. The highest BCUT2D eigenvalue weighted by molar-refractivity contribution is 7.89. The minimum atomic E-state index is -3.10. The van der Waals surface area contributed by atoms with Gasteiger partial charge in [0, 0.05) is 17.6 Å². The van der Waals surface area contributed by atoms with Crippen LogP contribution in [0.1, 0.15) is 37.6 Å². The Kier molecular flexibility index (Phi) is 4.17. The van der Waals surface area contributed by atoms with Crippen LogP contribution in [0.5, 0.6) is 0 Å². The van der Waals surface area contributed by atoms with Crippen LogP contribution in [0, 0.1) is 0 Å². The van der Waals surface area contributed by atoms with Crippen molar-refractivity contribution in [3.05, 3.63) is 16.6 Å². The molecule has 1 aliphatic carbocycles. The summed E-state index contributed by atoms with van der Waals surface area (Å²) in [5, 5.41) is 2.77. The highest BCUT2D eigenvalue weighted by Crippen LogP contribution is 2.31. The summed E-state index contributed by atoms with van der Waals surface area (Å²) in [7, 11) is -3.10. The largest absolute Gasteiger partial charge is 0.248 e. The van der Waals surface area contributed by atoms with Gasteiger partial charge in [-0.2, -0.15) is 4.31 Å². The van der Waals surface area contributed by atoms with Gasteiger partial charge in [0.2, 0.25) is 10.0 Å². The number of sulfonamides is 1. The van der Waals surface area contributed by atoms with Gasteiger partial charge in [0.15, 0.2) is 0 Å². The average Bonchev–Trinajstić information content (AvgIpc) is 3.00. The molecule has 4 nitrogen and oxygen atoms in total. The number of hydrogen-bond donors (Lipinski definition) is 0. The summed E-state index contributed by atoms with van der Waals surface area (Å²) < 4.78 is 26.1. The zero-order valence-electron chi connectivity index (χ0n) is 10.0. The van der Waals surface area contributed by atoms with Gasteiger partial charge in [-0.1, -0.05) is 13.3 Å². The molecule has 2 rings (SSSR count). The Balaban J connectivity index is 2.06. The molecule has 1 aliphatic rings. The van der Waals surface area contributed by atoms with Crippen molar-refractivity contribution in [2.45, 2.75) is 45.2 Å². The molecule has 0 N–H and O–H groups in total. The van der Waals surface area contributed by atoms with Crippen LogP contribution in [0.25, 0.3) is 0 Å². The number of rotatable bonds is 7. The third kappa shape index (κ3) is 3.50. The fourth-order valence-electron chi connectivity index (χ4n) is 1.73. The molecule has 0 aromatic carbocycles. The van der Waals surface area contributed by atoms with E-state index in [-0.39, 0.29) is 11.8 Å². The Labute approximate surface area is 107 Å². The first-order chi connectivity index (χ1) is 8.13. The molecule has 0 bridgehead atoms. The Morgan fingerprint density at radius 2 is 2.29 bits per heavy atom. The quantitative estimate of drug-likeness (QED) is 0.766. The van der Waals surface area contributed by atoms with Gasteiger partial charge in [-0.15, -0.1) is 11.3 Å². The standard InChI is InChI=1S/C11H18N2O2S2/c1-2-3-8-17(14,15)13(10-4-5-10)9-11-12-6-7-16-11/h6-7,10H,2-5,8-9H2,1H3. The van der Waals surface area contributed by atoms with Crippen LogP contribution in [0.15, 0.2) is 11.6 Å². The van der Waals surface area contributed by atoms with Crippen LogP contribution >= 0.6 is 11.3 Å². The van der Waals surface area contributed by atoms with Crippen molar-refractivity contribution in [1.82, 2.24) is 9.29 Å². The maximum absolute atomic E-state index is 12.2. The maximum atomic E-state index is 12.2. The van der Waals surface area contributed by atoms with E-state index in [1.165, 1.54) is 11.3 Å². The second-order valence-corrected chi connectivity index (χ2v) is 7.39. The van der Waals surface area contributed by atoms with Gasteiger partial charge in [0.05, 0.1) is 12.3 Å². The van der Waals surface area contributed by atoms with E-state index in [0.29, 0.717) is 6.54 Å². The predicted molar refractivity (Wildman–Crippen MR) is 69.4 cm³/mol. The summed E-state index contributed by atoms with van der Waals surface area (Å²) in [6.07, 6.45) is 5.37. The van der Waals surface area contributed by atoms with Gasteiger partial charge in [-0.25, -0.2) is 13.4 Å². The Morgan fingerprint density at radius 1 is 1.53 bits per heavy atom. The molecule has 0 amide bonds. The minimum Gasteiger partial charge on any atom is -0.248 e. The van der Waals surface area contributed by atoms with Crippen LogP contribution in [-0.2, 0) is 16.6 Å². The van der Waals surface area contributed by atoms with Crippen molar-refractivity contribution in [2.24, 2.45) is 0 Å². The van der Waals surface area contributed by atoms with E-state index in [2.05, 4.69) is 4.98 Å². The number of unbranched alkanes of at least 4 members (excludes halogenated alkanes) is 1. The van der Waals surface area contributed by atoms with Crippen molar-refractivity contribution in [2.75, 3.05) is 5.75 Å². The summed E-state index contributed by atoms with van der Waals surface area (Å²) in [5.41, 5.74) is 0. The second kappa shape index (κ2) is 5.46. The maximum Gasteiger partial charge on any atom is 0.214 e. The first kappa shape index (κ1) is 13.0. The lowest BCUT2D eigenvalue weighted by Gasteiger charge is -2.20. The molecule has 0 unspecified atom stereocenters. The molecule has 0 aliphatic heterocycles. The number of hydrogen-bond acceptors (Lipinski definition) is 4. The van der Waals surface area contributed by atoms with Crippen molar-refractivity contribution >= 4 is 21.4 Å². The number of nitrogens with zero attached hydrogens (tertiary/aromatic N) is 2. The SMILES string of the molecule is CCCCS(=O)(=O)N(Cc1nccs1)C1CC1. The van der Waals surface area contributed by atoms with Gasteiger partial charge >= 0.3 is 0 Å². The fraction of sp³-hybridized carbons (Fsp3) is 0.727. The highest BCUT2D eigenvalue weighted by atomic mass is 32.2. The smallest absolute Gasteiger partial charge is 0.214 e. The molecule has 0 atom stereocenters. The molecular formula is C11H18N2O2S2. The zero-order valence-corrected chi connectivity index (χ0v) is 11.6. The van der Waals surface area contributed by atoms with Crippen LogP contribution in [0.2, 0.25) is 0 Å². The van der Waals surface area contributed by atoms with Gasteiger partial charge < -0.3 is 0 Å². The monoisotopic (exact) mass is 274 g/mol. The highest BCUT2D eigenvalue weighted by Gasteiger charge is 2.37. The second-order valence-electron chi connectivity index (χ2n) is 4.37. The lowest BCUT2D eigenvalue weighted by molar-refractivity contribution is 0.397. The molecule has 1 aromatic heterocycles. The molecule has 1 aromatic rings. The van der Waals surface area contributed by atoms with Gasteiger partial charge in [-0.05, 0) is 19.3 Å². The van der Waals surface area contributed by atoms with E-state index < -0.39 is 10.0 Å². The summed E-state index contributed by atoms with van der Waals surface area (Å²) in [4.78, 5) is 4.17. The van der Waals surface area contributed by atoms with Crippen LogP contribution in [-0.4, -0.2) is 29.5 Å². The van der Waals surface area contributed by atoms with E-state index in [1.807, 2.05) is 12.3 Å². The van der Waals surface area contributed by atoms with Crippen LogP contribution < -0.4 is 0 Å². The van der Waals surface area contributed by atoms with Gasteiger partial charge in [0.25, 0.3) is 0 Å². The van der Waals surface area contributed by atoms with Crippen molar-refractivity contribution < 1.29 is 8.42 Å². The third-order valence-corrected chi connectivity index (χ3v) is 5.55. The Hall–Kier alpha value is -0.460. The fourth-order valence-corrected chi connectivity index (χ4v) is 4.29. The first-order valence-electron chi connectivity index (χ1n) is 6.01. The first-order valence-corrected chi connectivity index (χ1v) is 8.50. The zero-order chi connectivity index (χ0) is 12.3. The summed E-state index contributed by atoms with van der Waals surface area (Å²) in [5.74, 6) is 0.269. The lowest BCUT2D eigenvalue weighted by Crippen LogP contribution is -2.34. The van der Waals surface area contributed by atoms with E-state index in [1.54, 1.807) is 10.5 Å². The van der Waals surface area contributed by atoms with Crippen molar-refractivity contribution in [1.29, 1.82) is 0 Å². The molecule has 17 heavy (non-hydrogen) atoms. The topological polar surface area (TPSA) is 50.3 Å². The molecule has 1 saturated carbocycles. The molecule has 0 saturated heterocycles. The van der Waals surface area contributed by atoms with Gasteiger partial charge in [-0.3, -0.25) is 0 Å². The predicted octanol–water partition coefficient (Wildman–Crippen LogP) is 2.24. The van der Waals surface area contributed by atoms with Crippen LogP contribution in [0.3, 0.4) is 0 Å². The molecule has 0 radical (unpaired) electrons. The normalized spacial score (nSPS) is 16.6. The molecular weight excluding hydrogens is 256 g/mol. The Bertz CT molecular complexity index is 438. The summed E-state index contributed by atoms with van der Waals surface area (Å²) >= 11 is 1.52. The van der Waals surface area contributed by atoms with Crippen molar-refractivity contribution in [3.63, 3.8) is 0 Å². The molecule has 0 spiro atoms. The van der Waals surface area contributed by atoms with Gasteiger partial charge in [0.1, 0.15) is 5.01 Å². The minimum absolute atomic E-state index is 0.223. The molecule has 6 heteroatoms. The third-order valence-electron chi connectivity index (χ3n) is 2.84. The van der Waals surface area contributed by atoms with Crippen LogP contribution in [0.4, 0.5) is 0 Å². The number of aromatic nitrogens is 1. The molecule has 1 heterocycles. The number of thiazole rings is 1. The van der Waals surface area contributed by atoms with Crippen molar-refractivity contribution in [3.8, 4) is 0 Å². The van der Waals surface area contributed by atoms with E-state index in [0.717, 1.165) is 30.7 Å².